The summed E-state index contributed by atoms with van der Waals surface area (Å²) < 4.78 is 0. The Morgan fingerprint density at radius 1 is 1.06 bits per heavy atom. The predicted molar refractivity (Wildman–Crippen MR) is 60.7 cm³/mol. The maximum atomic E-state index is 10.8. The van der Waals surface area contributed by atoms with Gasteiger partial charge in [0, 0.05) is 5.69 Å². The molecule has 1 atom stereocenters. The largest absolute Gasteiger partial charge is 0.481 e. The van der Waals surface area contributed by atoms with Crippen molar-refractivity contribution in [1.82, 2.24) is 0 Å². The van der Waals surface area contributed by atoms with Crippen LogP contribution in [0.25, 0.3) is 0 Å². The minimum atomic E-state index is -1.29. The van der Waals surface area contributed by atoms with E-state index in [1.807, 2.05) is 0 Å². The standard InChI is InChI=1S/C11H11NO6/c13-9(14)5-8(11(17)18)12-7-3-1-6(2-4-7)10(15)16/h1-4,8,12H,5H2,(H,13,14)(H,15,16)(H,17,18)/t8-/m0/s1. The summed E-state index contributed by atoms with van der Waals surface area (Å²) in [4.78, 5) is 31.9. The van der Waals surface area contributed by atoms with Crippen LogP contribution in [0.15, 0.2) is 24.3 Å². The van der Waals surface area contributed by atoms with Gasteiger partial charge in [0.1, 0.15) is 6.04 Å². The zero-order valence-corrected chi connectivity index (χ0v) is 9.16. The zero-order chi connectivity index (χ0) is 13.7. The number of benzene rings is 1. The second kappa shape index (κ2) is 5.67. The van der Waals surface area contributed by atoms with E-state index in [1.54, 1.807) is 0 Å². The van der Waals surface area contributed by atoms with Crippen LogP contribution in [0.2, 0.25) is 0 Å². The fraction of sp³-hybridized carbons (Fsp3) is 0.182. The smallest absolute Gasteiger partial charge is 0.335 e. The van der Waals surface area contributed by atoms with Crippen molar-refractivity contribution >= 4 is 23.6 Å². The summed E-state index contributed by atoms with van der Waals surface area (Å²) in [6.07, 6.45) is -0.573. The van der Waals surface area contributed by atoms with E-state index in [2.05, 4.69) is 5.32 Å². The van der Waals surface area contributed by atoms with Crippen LogP contribution in [-0.2, 0) is 9.59 Å². The fourth-order valence-electron chi connectivity index (χ4n) is 1.28. The van der Waals surface area contributed by atoms with E-state index in [1.165, 1.54) is 24.3 Å². The summed E-state index contributed by atoms with van der Waals surface area (Å²) in [6, 6.07) is 4.08. The van der Waals surface area contributed by atoms with E-state index in [0.29, 0.717) is 5.69 Å². The average Bonchev–Trinajstić information content (AvgIpc) is 2.28. The van der Waals surface area contributed by atoms with Gasteiger partial charge in [0.2, 0.25) is 0 Å². The second-order valence-corrected chi connectivity index (χ2v) is 3.52. The van der Waals surface area contributed by atoms with Gasteiger partial charge in [0.05, 0.1) is 12.0 Å². The molecule has 0 aliphatic carbocycles. The maximum absolute atomic E-state index is 10.8. The third-order valence-electron chi connectivity index (χ3n) is 2.15. The number of rotatable bonds is 6. The molecular weight excluding hydrogens is 242 g/mol. The summed E-state index contributed by atoms with van der Waals surface area (Å²) in [7, 11) is 0. The van der Waals surface area contributed by atoms with Crippen LogP contribution in [0.4, 0.5) is 5.69 Å². The monoisotopic (exact) mass is 253 g/mol. The van der Waals surface area contributed by atoms with Gasteiger partial charge in [-0.2, -0.15) is 0 Å². The first-order chi connectivity index (χ1) is 8.40. The first kappa shape index (κ1) is 13.5. The lowest BCUT2D eigenvalue weighted by Gasteiger charge is -2.13. The molecule has 0 saturated heterocycles. The molecule has 96 valence electrons. The topological polar surface area (TPSA) is 124 Å². The SMILES string of the molecule is O=C(O)C[C@H](Nc1ccc(C(=O)O)cc1)C(=O)O. The first-order valence-corrected chi connectivity index (χ1v) is 4.94. The highest BCUT2D eigenvalue weighted by atomic mass is 16.4. The number of hydrogen-bond acceptors (Lipinski definition) is 4. The number of aliphatic carboxylic acids is 2. The molecule has 4 N–H and O–H groups in total. The van der Waals surface area contributed by atoms with Crippen LogP contribution in [0.5, 0.6) is 0 Å². The van der Waals surface area contributed by atoms with E-state index in [-0.39, 0.29) is 5.56 Å². The average molecular weight is 253 g/mol. The molecule has 18 heavy (non-hydrogen) atoms. The molecule has 0 aliphatic rings. The highest BCUT2D eigenvalue weighted by Crippen LogP contribution is 2.12. The normalized spacial score (nSPS) is 11.6. The Morgan fingerprint density at radius 3 is 2.00 bits per heavy atom. The minimum absolute atomic E-state index is 0.0608. The Kier molecular flexibility index (Phi) is 4.25. The molecule has 0 aromatic heterocycles. The number of carboxylic acid groups (broad SMARTS) is 3. The Labute approximate surface area is 102 Å². The van der Waals surface area contributed by atoms with Crippen LogP contribution in [0.1, 0.15) is 16.8 Å². The third kappa shape index (κ3) is 3.78. The van der Waals surface area contributed by atoms with Crippen molar-refractivity contribution in [2.24, 2.45) is 0 Å². The van der Waals surface area contributed by atoms with Gasteiger partial charge >= 0.3 is 17.9 Å². The molecule has 0 saturated carbocycles. The quantitative estimate of drug-likeness (QED) is 0.588. The van der Waals surface area contributed by atoms with Gasteiger partial charge in [-0.15, -0.1) is 0 Å². The van der Waals surface area contributed by atoms with E-state index in [9.17, 15) is 14.4 Å². The van der Waals surface area contributed by atoms with Gasteiger partial charge in [0.25, 0.3) is 0 Å². The van der Waals surface area contributed by atoms with Crippen LogP contribution >= 0.6 is 0 Å². The van der Waals surface area contributed by atoms with Crippen molar-refractivity contribution in [3.8, 4) is 0 Å². The van der Waals surface area contributed by atoms with Crippen LogP contribution in [0.3, 0.4) is 0 Å². The minimum Gasteiger partial charge on any atom is -0.481 e. The summed E-state index contributed by atoms with van der Waals surface area (Å²) >= 11 is 0. The molecule has 0 heterocycles. The molecule has 0 unspecified atom stereocenters. The third-order valence-corrected chi connectivity index (χ3v) is 2.15. The van der Waals surface area contributed by atoms with E-state index >= 15 is 0 Å². The molecule has 7 heteroatoms. The van der Waals surface area contributed by atoms with Gasteiger partial charge in [-0.1, -0.05) is 0 Å². The highest BCUT2D eigenvalue weighted by Gasteiger charge is 2.20. The lowest BCUT2D eigenvalue weighted by atomic mass is 10.1. The van der Waals surface area contributed by atoms with Crippen molar-refractivity contribution in [3.63, 3.8) is 0 Å². The predicted octanol–water partition coefficient (Wildman–Crippen LogP) is 0.725. The number of anilines is 1. The first-order valence-electron chi connectivity index (χ1n) is 4.94. The van der Waals surface area contributed by atoms with Gasteiger partial charge < -0.3 is 20.6 Å². The number of aromatic carboxylic acids is 1. The molecule has 1 aromatic rings. The number of carboxylic acids is 3. The Bertz CT molecular complexity index is 467. The highest BCUT2D eigenvalue weighted by molar-refractivity contribution is 5.88. The molecule has 0 bridgehead atoms. The molecule has 7 nitrogen and oxygen atoms in total. The number of hydrogen-bond donors (Lipinski definition) is 4. The lowest BCUT2D eigenvalue weighted by molar-refractivity contribution is -0.144. The number of nitrogens with one attached hydrogen (secondary N) is 1. The van der Waals surface area contributed by atoms with Crippen molar-refractivity contribution in [2.75, 3.05) is 5.32 Å². The molecule has 0 fully saturated rings. The summed E-state index contributed by atoms with van der Waals surface area (Å²) in [5.41, 5.74) is 0.402. The summed E-state index contributed by atoms with van der Waals surface area (Å²) in [6.45, 7) is 0. The molecule has 1 aromatic carbocycles. The molecule has 0 spiro atoms. The van der Waals surface area contributed by atoms with Gasteiger partial charge in [0.15, 0.2) is 0 Å². The summed E-state index contributed by atoms with van der Waals surface area (Å²) in [5, 5.41) is 28.5. The van der Waals surface area contributed by atoms with Crippen molar-refractivity contribution in [1.29, 1.82) is 0 Å². The van der Waals surface area contributed by atoms with Crippen LogP contribution in [0, 0.1) is 0 Å². The van der Waals surface area contributed by atoms with Crippen molar-refractivity contribution < 1.29 is 29.7 Å². The van der Waals surface area contributed by atoms with Gasteiger partial charge in [-0.25, -0.2) is 9.59 Å². The Hall–Kier alpha value is -2.57. The maximum Gasteiger partial charge on any atom is 0.335 e. The molecule has 0 radical (unpaired) electrons. The van der Waals surface area contributed by atoms with Gasteiger partial charge in [-0.3, -0.25) is 4.79 Å². The fourth-order valence-corrected chi connectivity index (χ4v) is 1.28. The molecule has 0 amide bonds. The Balaban J connectivity index is 2.78. The van der Waals surface area contributed by atoms with Crippen molar-refractivity contribution in [3.05, 3.63) is 29.8 Å². The molecule has 0 aliphatic heterocycles. The summed E-state index contributed by atoms with van der Waals surface area (Å²) in [5.74, 6) is -3.63. The van der Waals surface area contributed by atoms with E-state index in [0.717, 1.165) is 0 Å². The Morgan fingerprint density at radius 2 is 1.61 bits per heavy atom. The van der Waals surface area contributed by atoms with Crippen LogP contribution in [-0.4, -0.2) is 39.3 Å². The second-order valence-electron chi connectivity index (χ2n) is 3.52. The van der Waals surface area contributed by atoms with Crippen molar-refractivity contribution in [2.45, 2.75) is 12.5 Å². The van der Waals surface area contributed by atoms with Gasteiger partial charge in [-0.05, 0) is 24.3 Å². The molecule has 1 rings (SSSR count). The molecular formula is C11H11NO6. The lowest BCUT2D eigenvalue weighted by Crippen LogP contribution is -2.31. The van der Waals surface area contributed by atoms with E-state index < -0.39 is 30.4 Å². The van der Waals surface area contributed by atoms with Crippen LogP contribution < -0.4 is 5.32 Å². The zero-order valence-electron chi connectivity index (χ0n) is 9.16. The van der Waals surface area contributed by atoms with E-state index in [4.69, 9.17) is 15.3 Å². The number of carbonyl (C=O) groups is 3.